The van der Waals surface area contributed by atoms with Gasteiger partial charge in [0.05, 0.1) is 36.8 Å². The zero-order chi connectivity index (χ0) is 33.7. The van der Waals surface area contributed by atoms with Gasteiger partial charge in [-0.2, -0.15) is 13.2 Å². The summed E-state index contributed by atoms with van der Waals surface area (Å²) in [5, 5.41) is 13.0. The molecular weight excluding hydrogens is 593 g/mol. The van der Waals surface area contributed by atoms with Crippen molar-refractivity contribution in [1.82, 2.24) is 14.7 Å². The second-order valence-corrected chi connectivity index (χ2v) is 12.4. The Balaban J connectivity index is 2.37. The van der Waals surface area contributed by atoms with Gasteiger partial charge in [-0.3, -0.25) is 14.4 Å². The van der Waals surface area contributed by atoms with Crippen molar-refractivity contribution in [2.45, 2.75) is 90.1 Å². The number of anilines is 1. The molecule has 1 heterocycles. The van der Waals surface area contributed by atoms with E-state index in [0.717, 1.165) is 13.0 Å². The molecule has 1 aromatic rings. The minimum Gasteiger partial charge on any atom is -0.490 e. The van der Waals surface area contributed by atoms with Crippen LogP contribution in [0, 0.1) is 5.92 Å². The molecule has 45 heavy (non-hydrogen) atoms. The van der Waals surface area contributed by atoms with Crippen molar-refractivity contribution in [3.8, 4) is 5.75 Å². The highest BCUT2D eigenvalue weighted by molar-refractivity contribution is 5.99. The molecule has 0 saturated heterocycles. The zero-order valence-corrected chi connectivity index (χ0v) is 27.5. The molecule has 13 heteroatoms. The van der Waals surface area contributed by atoms with Gasteiger partial charge in [-0.25, -0.2) is 0 Å². The van der Waals surface area contributed by atoms with Gasteiger partial charge in [0.2, 0.25) is 11.8 Å². The smallest absolute Gasteiger partial charge is 0.389 e. The predicted molar refractivity (Wildman–Crippen MR) is 166 cm³/mol. The van der Waals surface area contributed by atoms with Crippen molar-refractivity contribution in [3.63, 3.8) is 0 Å². The van der Waals surface area contributed by atoms with Crippen LogP contribution in [0.4, 0.5) is 18.9 Å². The van der Waals surface area contributed by atoms with Gasteiger partial charge in [0.15, 0.2) is 0 Å². The lowest BCUT2D eigenvalue weighted by Crippen LogP contribution is -2.48. The molecule has 0 aliphatic carbocycles. The van der Waals surface area contributed by atoms with E-state index in [1.165, 1.54) is 16.8 Å². The summed E-state index contributed by atoms with van der Waals surface area (Å²) in [5.74, 6) is -1.23. The largest absolute Gasteiger partial charge is 0.490 e. The number of ether oxygens (including phenoxy) is 2. The highest BCUT2D eigenvalue weighted by Gasteiger charge is 2.32. The fourth-order valence-corrected chi connectivity index (χ4v) is 5.05. The Morgan fingerprint density at radius 2 is 1.87 bits per heavy atom. The third-order valence-corrected chi connectivity index (χ3v) is 7.85. The van der Waals surface area contributed by atoms with Crippen LogP contribution < -0.4 is 10.1 Å². The number of fused-ring (bicyclic) bond motifs is 1. The molecule has 0 spiro atoms. The summed E-state index contributed by atoms with van der Waals surface area (Å²) in [6.45, 7) is 6.44. The molecule has 0 aromatic heterocycles. The van der Waals surface area contributed by atoms with Gasteiger partial charge in [0.1, 0.15) is 5.75 Å². The summed E-state index contributed by atoms with van der Waals surface area (Å²) in [6.07, 6.45) is -3.97. The quantitative estimate of drug-likeness (QED) is 0.363. The van der Waals surface area contributed by atoms with Gasteiger partial charge in [-0.15, -0.1) is 0 Å². The first kappa shape index (κ1) is 38.3. The fourth-order valence-electron chi connectivity index (χ4n) is 5.05. The second kappa shape index (κ2) is 18.3. The molecular formula is C32H51F3N4O6. The van der Waals surface area contributed by atoms with Crippen LogP contribution in [0.1, 0.15) is 76.1 Å². The topological polar surface area (TPSA) is 112 Å². The van der Waals surface area contributed by atoms with Gasteiger partial charge in [0, 0.05) is 51.2 Å². The second-order valence-electron chi connectivity index (χ2n) is 12.4. The molecule has 4 atom stereocenters. The molecule has 2 rings (SSSR count). The molecule has 1 aliphatic rings. The summed E-state index contributed by atoms with van der Waals surface area (Å²) in [5.41, 5.74) is 0.675. The number of amides is 3. The summed E-state index contributed by atoms with van der Waals surface area (Å²) >= 11 is 0. The number of hydrogen-bond donors (Lipinski definition) is 2. The van der Waals surface area contributed by atoms with Gasteiger partial charge < -0.3 is 34.6 Å². The number of alkyl halides is 3. The van der Waals surface area contributed by atoms with Crippen LogP contribution in [0.5, 0.6) is 5.75 Å². The number of halogens is 3. The number of carbonyl (C=O) groups is 3. The standard InChI is InChI=1S/C32H51F3N4O6/c1-22-19-39(23(2)21-40)31(43)26-18-25(36-29(41)11-9-16-37(4)5)12-13-27(26)45-24(3)10-7-8-17-44-28(22)20-38(6)30(42)14-15-32(33,34)35/h12-13,18,22-24,28,40H,7-11,14-17,19-21H2,1-6H3,(H,36,41)/t22-,23+,24-,28-/m1/s1. The van der Waals surface area contributed by atoms with Crippen molar-refractivity contribution >= 4 is 23.4 Å². The highest BCUT2D eigenvalue weighted by Crippen LogP contribution is 2.29. The molecule has 10 nitrogen and oxygen atoms in total. The van der Waals surface area contributed by atoms with Gasteiger partial charge in [-0.1, -0.05) is 6.92 Å². The van der Waals surface area contributed by atoms with Crippen molar-refractivity contribution in [3.05, 3.63) is 23.8 Å². The van der Waals surface area contributed by atoms with E-state index in [4.69, 9.17) is 9.47 Å². The Labute approximate surface area is 265 Å². The van der Waals surface area contributed by atoms with Crippen molar-refractivity contribution < 1.29 is 42.1 Å². The molecule has 1 aromatic carbocycles. The SMILES string of the molecule is C[C@@H]1CCCCO[C@H](CN(C)C(=O)CCC(F)(F)F)[C@H](C)CN([C@@H](C)CO)C(=O)c2cc(NC(=O)CCCN(C)C)ccc2O1. The molecule has 2 N–H and O–H groups in total. The number of rotatable bonds is 11. The zero-order valence-electron chi connectivity index (χ0n) is 27.5. The van der Waals surface area contributed by atoms with Crippen LogP contribution >= 0.6 is 0 Å². The van der Waals surface area contributed by atoms with Crippen LogP contribution in [0.25, 0.3) is 0 Å². The molecule has 1 aliphatic heterocycles. The first-order chi connectivity index (χ1) is 21.1. The summed E-state index contributed by atoms with van der Waals surface area (Å²) in [7, 11) is 5.32. The number of nitrogens with zero attached hydrogens (tertiary/aromatic N) is 3. The minimum absolute atomic E-state index is 0.0491. The minimum atomic E-state index is -4.43. The Morgan fingerprint density at radius 1 is 1.16 bits per heavy atom. The first-order valence-electron chi connectivity index (χ1n) is 15.7. The number of aliphatic hydroxyl groups is 1. The Morgan fingerprint density at radius 3 is 2.51 bits per heavy atom. The average Bonchev–Trinajstić information content (AvgIpc) is 2.96. The summed E-state index contributed by atoms with van der Waals surface area (Å²) < 4.78 is 50.5. The van der Waals surface area contributed by atoms with Crippen molar-refractivity contribution in [1.29, 1.82) is 0 Å². The van der Waals surface area contributed by atoms with Crippen LogP contribution in [0.2, 0.25) is 0 Å². The summed E-state index contributed by atoms with van der Waals surface area (Å²) in [6, 6.07) is 4.35. The van der Waals surface area contributed by atoms with E-state index < -0.39 is 43.0 Å². The van der Waals surface area contributed by atoms with E-state index in [1.54, 1.807) is 25.1 Å². The van der Waals surface area contributed by atoms with Crippen molar-refractivity contribution in [2.75, 3.05) is 59.3 Å². The van der Waals surface area contributed by atoms with E-state index in [0.29, 0.717) is 43.7 Å². The molecule has 0 saturated carbocycles. The number of aliphatic hydroxyl groups excluding tert-OH is 1. The maximum atomic E-state index is 14.2. The number of hydrogen-bond acceptors (Lipinski definition) is 7. The Kier molecular flexibility index (Phi) is 15.6. The lowest BCUT2D eigenvalue weighted by atomic mass is 10.0. The monoisotopic (exact) mass is 644 g/mol. The number of benzene rings is 1. The van der Waals surface area contributed by atoms with Crippen LogP contribution in [-0.4, -0.2) is 116 Å². The maximum absolute atomic E-state index is 14.2. The van der Waals surface area contributed by atoms with Crippen LogP contribution in [0.15, 0.2) is 18.2 Å². The Hall–Kier alpha value is -2.90. The van der Waals surface area contributed by atoms with E-state index in [-0.39, 0.29) is 43.2 Å². The molecule has 256 valence electrons. The fraction of sp³-hybridized carbons (Fsp3) is 0.719. The molecule has 0 radical (unpaired) electrons. The lowest BCUT2D eigenvalue weighted by Gasteiger charge is -2.36. The molecule has 0 unspecified atom stereocenters. The average molecular weight is 645 g/mol. The predicted octanol–water partition coefficient (Wildman–Crippen LogP) is 4.56. The van der Waals surface area contributed by atoms with Crippen LogP contribution in [0.3, 0.4) is 0 Å². The van der Waals surface area contributed by atoms with Gasteiger partial charge in [-0.05, 0) is 78.4 Å². The maximum Gasteiger partial charge on any atom is 0.389 e. The summed E-state index contributed by atoms with van der Waals surface area (Å²) in [4.78, 5) is 44.0. The number of carbonyl (C=O) groups excluding carboxylic acids is 3. The molecule has 3 amide bonds. The third-order valence-electron chi connectivity index (χ3n) is 7.85. The third kappa shape index (κ3) is 13.5. The van der Waals surface area contributed by atoms with Gasteiger partial charge in [0.25, 0.3) is 5.91 Å². The number of nitrogens with one attached hydrogen (secondary N) is 1. The Bertz CT molecular complexity index is 1100. The van der Waals surface area contributed by atoms with E-state index in [9.17, 15) is 32.7 Å². The number of likely N-dealkylation sites (N-methyl/N-ethyl adjacent to an activating group) is 1. The first-order valence-corrected chi connectivity index (χ1v) is 15.7. The van der Waals surface area contributed by atoms with Crippen molar-refractivity contribution in [2.24, 2.45) is 5.92 Å². The highest BCUT2D eigenvalue weighted by atomic mass is 19.4. The van der Waals surface area contributed by atoms with E-state index in [2.05, 4.69) is 5.32 Å². The molecule has 0 bridgehead atoms. The van der Waals surface area contributed by atoms with Gasteiger partial charge >= 0.3 is 6.18 Å². The molecule has 0 fully saturated rings. The lowest BCUT2D eigenvalue weighted by molar-refractivity contribution is -0.149. The van der Waals surface area contributed by atoms with Crippen LogP contribution in [-0.2, 0) is 14.3 Å². The van der Waals surface area contributed by atoms with E-state index in [1.807, 2.05) is 32.8 Å². The van der Waals surface area contributed by atoms with E-state index >= 15 is 0 Å². The normalized spacial score (nSPS) is 21.0.